The molecule has 0 aromatic rings. The first kappa shape index (κ1) is 32.9. The van der Waals surface area contributed by atoms with Crippen LogP contribution in [0.4, 0.5) is 4.79 Å². The Kier molecular flexibility index (Phi) is 36.7. The maximum absolute atomic E-state index is 10.2. The number of ether oxygens (including phenoxy) is 2. The first-order valence-corrected chi connectivity index (χ1v) is 11.1. The third kappa shape index (κ3) is 19.6. The molecule has 1 saturated heterocycles. The van der Waals surface area contributed by atoms with Crippen LogP contribution in [0.5, 0.6) is 0 Å². The highest BCUT2D eigenvalue weighted by atomic mass is 16.8. The fourth-order valence-corrected chi connectivity index (χ4v) is 2.39. The Hall–Kier alpha value is -0.770. The van der Waals surface area contributed by atoms with Crippen molar-refractivity contribution in [1.29, 1.82) is 0 Å². The van der Waals surface area contributed by atoms with Crippen LogP contribution in [-0.2, 0) is 9.47 Å². The lowest BCUT2D eigenvalue weighted by atomic mass is 9.81. The second kappa shape index (κ2) is 29.0. The van der Waals surface area contributed by atoms with Crippen molar-refractivity contribution in [3.8, 4) is 0 Å². The zero-order chi connectivity index (χ0) is 21.4. The summed E-state index contributed by atoms with van der Waals surface area (Å²) in [5.41, 5.74) is 0. The van der Waals surface area contributed by atoms with Crippen LogP contribution in [0.25, 0.3) is 0 Å². The molecule has 162 valence electrons. The summed E-state index contributed by atoms with van der Waals surface area (Å²) in [4.78, 5) is 10.2. The summed E-state index contributed by atoms with van der Waals surface area (Å²) in [5.74, 6) is 1.59. The van der Waals surface area contributed by atoms with Gasteiger partial charge in [0.2, 0.25) is 0 Å². The van der Waals surface area contributed by atoms with Gasteiger partial charge < -0.3 is 14.6 Å². The summed E-state index contributed by atoms with van der Waals surface area (Å²) in [6.07, 6.45) is 6.86. The molecule has 1 aliphatic carbocycles. The van der Waals surface area contributed by atoms with E-state index >= 15 is 0 Å². The molecule has 0 bridgehead atoms. The highest BCUT2D eigenvalue weighted by Gasteiger charge is 2.22. The normalized spacial score (nSPS) is 22.4. The largest absolute Gasteiger partial charge is 0.508 e. The zero-order valence-corrected chi connectivity index (χ0v) is 19.6. The van der Waals surface area contributed by atoms with Crippen LogP contribution in [0.3, 0.4) is 0 Å². The van der Waals surface area contributed by atoms with Crippen molar-refractivity contribution in [1.82, 2.24) is 0 Å². The van der Waals surface area contributed by atoms with Crippen LogP contribution < -0.4 is 0 Å². The van der Waals surface area contributed by atoms with Crippen molar-refractivity contribution in [2.45, 2.75) is 114 Å². The van der Waals surface area contributed by atoms with Crippen LogP contribution in [0.2, 0.25) is 0 Å². The van der Waals surface area contributed by atoms with E-state index in [0.717, 1.165) is 12.3 Å². The molecule has 0 aromatic heterocycles. The Morgan fingerprint density at radius 1 is 0.808 bits per heavy atom. The lowest BCUT2D eigenvalue weighted by Gasteiger charge is -2.26. The number of hydrogen-bond donors (Lipinski definition) is 1. The molecule has 1 unspecified atom stereocenters. The van der Waals surface area contributed by atoms with Gasteiger partial charge in [0.05, 0.1) is 0 Å². The predicted octanol–water partition coefficient (Wildman–Crippen LogP) is 7.23. The van der Waals surface area contributed by atoms with E-state index in [2.05, 4.69) is 16.4 Å². The summed E-state index contributed by atoms with van der Waals surface area (Å²) in [6, 6.07) is 0. The van der Waals surface area contributed by atoms with Crippen molar-refractivity contribution in [2.24, 2.45) is 11.8 Å². The van der Waals surface area contributed by atoms with E-state index in [1.165, 1.54) is 32.1 Å². The van der Waals surface area contributed by atoms with Crippen molar-refractivity contribution in [3.05, 3.63) is 0 Å². The van der Waals surface area contributed by atoms with Crippen LogP contribution >= 0.6 is 0 Å². The van der Waals surface area contributed by atoms with E-state index in [9.17, 15) is 4.79 Å². The number of aliphatic hydroxyl groups is 1. The quantitative estimate of drug-likeness (QED) is 0.526. The van der Waals surface area contributed by atoms with Crippen LogP contribution in [0, 0.1) is 11.8 Å². The van der Waals surface area contributed by atoms with Gasteiger partial charge in [-0.1, -0.05) is 88.5 Å². The van der Waals surface area contributed by atoms with Gasteiger partial charge >= 0.3 is 6.16 Å². The maximum atomic E-state index is 10.2. The van der Waals surface area contributed by atoms with Gasteiger partial charge in [-0.05, 0) is 31.1 Å². The molecule has 26 heavy (non-hydrogen) atoms. The Morgan fingerprint density at radius 2 is 1.23 bits per heavy atom. The molecule has 2 aliphatic rings. The van der Waals surface area contributed by atoms with Gasteiger partial charge in [-0.25, -0.2) is 4.79 Å². The molecule has 1 heterocycles. The molecule has 1 N–H and O–H groups in total. The molecular weight excluding hydrogens is 328 g/mol. The average Bonchev–Trinajstić information content (AvgIpc) is 3.20. The molecule has 4 nitrogen and oxygen atoms in total. The number of aliphatic hydroxyl groups excluding tert-OH is 1. The first-order chi connectivity index (χ1) is 12.7. The second-order valence-corrected chi connectivity index (χ2v) is 5.19. The third-order valence-electron chi connectivity index (χ3n) is 3.91. The Labute approximate surface area is 165 Å². The van der Waals surface area contributed by atoms with E-state index in [1.54, 1.807) is 0 Å². The van der Waals surface area contributed by atoms with E-state index in [-0.39, 0.29) is 6.10 Å². The van der Waals surface area contributed by atoms with Gasteiger partial charge in [-0.3, -0.25) is 0 Å². The topological polar surface area (TPSA) is 55.8 Å². The Balaban J connectivity index is -0.000000136. The standard InChI is InChI=1S/C9H18O.C5H8O3.4C2H6/c1-2-8-3-5-9(7-10)6-4-8;1-2-4-3-7-5(6)8-4;4*1-2/h8-10H,2-7H2,1H3;4H,2-3H2,1H3;4*1-2H3. The molecule has 1 atom stereocenters. The van der Waals surface area contributed by atoms with Crippen molar-refractivity contribution in [2.75, 3.05) is 13.2 Å². The fraction of sp³-hybridized carbons (Fsp3) is 0.955. The van der Waals surface area contributed by atoms with Gasteiger partial charge in [0, 0.05) is 6.61 Å². The molecule has 1 saturated carbocycles. The number of carbonyl (C=O) groups excluding carboxylic acids is 1. The number of hydrogen-bond acceptors (Lipinski definition) is 4. The minimum atomic E-state index is -0.531. The molecule has 4 heteroatoms. The number of rotatable bonds is 3. The summed E-state index contributed by atoms with van der Waals surface area (Å²) < 4.78 is 9.14. The van der Waals surface area contributed by atoms with Crippen molar-refractivity contribution in [3.63, 3.8) is 0 Å². The van der Waals surface area contributed by atoms with Gasteiger partial charge in [0.15, 0.2) is 0 Å². The monoisotopic (exact) mass is 378 g/mol. The van der Waals surface area contributed by atoms with E-state index in [4.69, 9.17) is 5.11 Å². The van der Waals surface area contributed by atoms with Crippen LogP contribution in [0.1, 0.15) is 108 Å². The SMILES string of the molecule is CC.CC.CC.CC.CCC1CCC(CO)CC1.CCC1COC(=O)O1. The molecule has 0 aromatic carbocycles. The van der Waals surface area contributed by atoms with Gasteiger partial charge in [-0.15, -0.1) is 0 Å². The number of cyclic esters (lactones) is 2. The molecule has 0 spiro atoms. The molecule has 0 radical (unpaired) electrons. The van der Waals surface area contributed by atoms with Crippen molar-refractivity contribution < 1.29 is 19.4 Å². The van der Waals surface area contributed by atoms with E-state index < -0.39 is 6.16 Å². The smallest absolute Gasteiger partial charge is 0.430 e. The van der Waals surface area contributed by atoms with Crippen LogP contribution in [-0.4, -0.2) is 30.6 Å². The van der Waals surface area contributed by atoms with Gasteiger partial charge in [0.1, 0.15) is 12.7 Å². The zero-order valence-electron chi connectivity index (χ0n) is 19.6. The lowest BCUT2D eigenvalue weighted by molar-refractivity contribution is 0.117. The minimum Gasteiger partial charge on any atom is -0.430 e. The van der Waals surface area contributed by atoms with Crippen LogP contribution in [0.15, 0.2) is 0 Å². The summed E-state index contributed by atoms with van der Waals surface area (Å²) >= 11 is 0. The number of carbonyl (C=O) groups is 1. The Bertz CT molecular complexity index is 224. The maximum Gasteiger partial charge on any atom is 0.508 e. The average molecular weight is 379 g/mol. The molecule has 1 aliphatic heterocycles. The summed E-state index contributed by atoms with van der Waals surface area (Å²) in [7, 11) is 0. The van der Waals surface area contributed by atoms with Gasteiger partial charge in [0.25, 0.3) is 0 Å². The summed E-state index contributed by atoms with van der Waals surface area (Å²) in [6.45, 7) is 21.1. The molecule has 2 fully saturated rings. The van der Waals surface area contributed by atoms with Crippen molar-refractivity contribution >= 4 is 6.16 Å². The predicted molar refractivity (Wildman–Crippen MR) is 115 cm³/mol. The molecule has 0 amide bonds. The minimum absolute atomic E-state index is 0.00231. The highest BCUT2D eigenvalue weighted by Crippen LogP contribution is 2.29. The second-order valence-electron chi connectivity index (χ2n) is 5.19. The highest BCUT2D eigenvalue weighted by molar-refractivity contribution is 5.61. The summed E-state index contributed by atoms with van der Waals surface area (Å²) in [5, 5.41) is 8.85. The third-order valence-corrected chi connectivity index (χ3v) is 3.91. The molecular formula is C22H50O4. The first-order valence-electron chi connectivity index (χ1n) is 11.1. The Morgan fingerprint density at radius 3 is 1.46 bits per heavy atom. The van der Waals surface area contributed by atoms with E-state index in [1.807, 2.05) is 62.3 Å². The lowest BCUT2D eigenvalue weighted by Crippen LogP contribution is -2.16. The van der Waals surface area contributed by atoms with E-state index in [0.29, 0.717) is 19.1 Å². The fourth-order valence-electron chi connectivity index (χ4n) is 2.39. The molecule has 2 rings (SSSR count). The van der Waals surface area contributed by atoms with Gasteiger partial charge in [-0.2, -0.15) is 0 Å².